The van der Waals surface area contributed by atoms with E-state index in [9.17, 15) is 19.2 Å². The maximum atomic E-state index is 11.6. The molecule has 8 nitrogen and oxygen atoms in total. The molecule has 0 unspecified atom stereocenters. The maximum absolute atomic E-state index is 11.6. The monoisotopic (exact) mass is 282 g/mol. The third-order valence-electron chi connectivity index (χ3n) is 2.08. The molecule has 0 atom stereocenters. The van der Waals surface area contributed by atoms with Crippen LogP contribution in [0.2, 0.25) is 0 Å². The SMILES string of the molecule is CCOC(=O)C=c1[nH]c(=O)c(=CC(=O)OCC)[nH]c1=O. The number of esters is 2. The molecule has 0 fully saturated rings. The number of aromatic nitrogens is 2. The van der Waals surface area contributed by atoms with Crippen molar-refractivity contribution in [3.05, 3.63) is 31.4 Å². The lowest BCUT2D eigenvalue weighted by atomic mass is 10.4. The number of hydrogen-bond donors (Lipinski definition) is 2. The van der Waals surface area contributed by atoms with Gasteiger partial charge in [0.05, 0.1) is 25.4 Å². The van der Waals surface area contributed by atoms with Crippen LogP contribution in [0.15, 0.2) is 9.59 Å². The third kappa shape index (κ3) is 4.23. The smallest absolute Gasteiger partial charge is 0.333 e. The van der Waals surface area contributed by atoms with Crippen molar-refractivity contribution < 1.29 is 19.1 Å². The van der Waals surface area contributed by atoms with Crippen molar-refractivity contribution in [1.29, 1.82) is 0 Å². The Kier molecular flexibility index (Phi) is 5.45. The molecule has 0 aliphatic carbocycles. The molecule has 1 rings (SSSR count). The lowest BCUT2D eigenvalue weighted by Gasteiger charge is -1.95. The largest absolute Gasteiger partial charge is 0.463 e. The summed E-state index contributed by atoms with van der Waals surface area (Å²) in [7, 11) is 0. The second-order valence-electron chi connectivity index (χ2n) is 3.53. The fourth-order valence-electron chi connectivity index (χ4n) is 1.30. The number of ether oxygens (including phenoxy) is 2. The second kappa shape index (κ2) is 7.07. The van der Waals surface area contributed by atoms with Crippen LogP contribution in [-0.2, 0) is 19.1 Å². The van der Waals surface area contributed by atoms with Gasteiger partial charge in [0.25, 0.3) is 11.1 Å². The normalized spacial score (nSPS) is 12.3. The molecular weight excluding hydrogens is 268 g/mol. The van der Waals surface area contributed by atoms with Crippen LogP contribution in [0.5, 0.6) is 0 Å². The highest BCUT2D eigenvalue weighted by Crippen LogP contribution is 1.77. The third-order valence-corrected chi connectivity index (χ3v) is 2.08. The Morgan fingerprint density at radius 3 is 1.55 bits per heavy atom. The van der Waals surface area contributed by atoms with E-state index in [0.29, 0.717) is 0 Å². The van der Waals surface area contributed by atoms with Crippen LogP contribution in [-0.4, -0.2) is 35.1 Å². The fraction of sp³-hybridized carbons (Fsp3) is 0.333. The van der Waals surface area contributed by atoms with E-state index in [1.807, 2.05) is 0 Å². The summed E-state index contributed by atoms with van der Waals surface area (Å²) < 4.78 is 9.23. The maximum Gasteiger partial charge on any atom is 0.333 e. The Balaban J connectivity index is 3.30. The number of aromatic amines is 2. The van der Waals surface area contributed by atoms with Crippen LogP contribution in [0.1, 0.15) is 13.8 Å². The number of hydrogen-bond acceptors (Lipinski definition) is 6. The molecule has 0 bridgehead atoms. The standard InChI is InChI=1S/C12H14N2O6/c1-3-19-9(15)5-7-11(17)14-8(12(18)13-7)6-10(16)20-4-2/h5-6H,3-4H2,1-2H3,(H,13,18)(H,14,17). The van der Waals surface area contributed by atoms with Crippen molar-refractivity contribution in [3.8, 4) is 0 Å². The molecule has 1 aromatic heterocycles. The second-order valence-corrected chi connectivity index (χ2v) is 3.53. The van der Waals surface area contributed by atoms with E-state index in [2.05, 4.69) is 19.4 Å². The van der Waals surface area contributed by atoms with Crippen molar-refractivity contribution in [3.63, 3.8) is 0 Å². The molecular formula is C12H14N2O6. The van der Waals surface area contributed by atoms with E-state index in [4.69, 9.17) is 0 Å². The van der Waals surface area contributed by atoms with Gasteiger partial charge < -0.3 is 19.4 Å². The summed E-state index contributed by atoms with van der Waals surface area (Å²) in [5.41, 5.74) is -1.46. The highest BCUT2D eigenvalue weighted by molar-refractivity contribution is 6.00. The first-order valence-electron chi connectivity index (χ1n) is 5.87. The van der Waals surface area contributed by atoms with Crippen LogP contribution in [0, 0.1) is 0 Å². The highest BCUT2D eigenvalue weighted by atomic mass is 16.5. The molecule has 1 heterocycles. The first kappa shape index (κ1) is 15.4. The highest BCUT2D eigenvalue weighted by Gasteiger charge is 2.02. The van der Waals surface area contributed by atoms with Crippen LogP contribution >= 0.6 is 0 Å². The minimum absolute atomic E-state index is 0.145. The van der Waals surface area contributed by atoms with E-state index in [1.54, 1.807) is 13.8 Å². The Hall–Kier alpha value is -2.64. The van der Waals surface area contributed by atoms with Gasteiger partial charge in [0.2, 0.25) is 0 Å². The summed E-state index contributed by atoms with van der Waals surface area (Å²) in [5, 5.41) is -0.510. The Labute approximate surface area is 112 Å². The van der Waals surface area contributed by atoms with E-state index in [1.165, 1.54) is 0 Å². The topological polar surface area (TPSA) is 118 Å². The van der Waals surface area contributed by atoms with Gasteiger partial charge in [-0.3, -0.25) is 9.59 Å². The number of rotatable bonds is 4. The zero-order valence-corrected chi connectivity index (χ0v) is 11.0. The first-order chi connectivity index (χ1) is 9.47. The van der Waals surface area contributed by atoms with Crippen LogP contribution in [0.4, 0.5) is 0 Å². The summed E-state index contributed by atoms with van der Waals surface area (Å²) in [6, 6.07) is 0. The molecule has 0 amide bonds. The van der Waals surface area contributed by atoms with Gasteiger partial charge in [-0.05, 0) is 13.8 Å². The predicted molar refractivity (Wildman–Crippen MR) is 69.1 cm³/mol. The van der Waals surface area contributed by atoms with Crippen molar-refractivity contribution in [2.24, 2.45) is 0 Å². The molecule has 0 saturated heterocycles. The number of carbonyl (C=O) groups excluding carboxylic acids is 2. The number of H-pyrrole nitrogens is 2. The minimum Gasteiger partial charge on any atom is -0.463 e. The van der Waals surface area contributed by atoms with Crippen molar-refractivity contribution >= 4 is 24.1 Å². The van der Waals surface area contributed by atoms with Gasteiger partial charge >= 0.3 is 11.9 Å². The van der Waals surface area contributed by atoms with Gasteiger partial charge in [-0.2, -0.15) is 0 Å². The Morgan fingerprint density at radius 2 is 1.25 bits per heavy atom. The van der Waals surface area contributed by atoms with Gasteiger partial charge in [0.1, 0.15) is 10.7 Å². The lowest BCUT2D eigenvalue weighted by molar-refractivity contribution is -0.136. The van der Waals surface area contributed by atoms with Gasteiger partial charge in [-0.25, -0.2) is 9.59 Å². The van der Waals surface area contributed by atoms with E-state index >= 15 is 0 Å². The number of nitrogens with one attached hydrogen (secondary N) is 2. The molecule has 0 aliphatic rings. The minimum atomic E-state index is -0.754. The molecule has 20 heavy (non-hydrogen) atoms. The van der Waals surface area contributed by atoms with Crippen molar-refractivity contribution in [1.82, 2.24) is 9.97 Å². The van der Waals surface area contributed by atoms with Gasteiger partial charge in [0.15, 0.2) is 0 Å². The van der Waals surface area contributed by atoms with E-state index in [0.717, 1.165) is 12.2 Å². The average Bonchev–Trinajstić information content (AvgIpc) is 2.36. The lowest BCUT2D eigenvalue weighted by Crippen LogP contribution is -2.47. The molecule has 108 valence electrons. The molecule has 1 aromatic rings. The van der Waals surface area contributed by atoms with Gasteiger partial charge in [-0.1, -0.05) is 0 Å². The molecule has 8 heteroatoms. The molecule has 0 aliphatic heterocycles. The first-order valence-corrected chi connectivity index (χ1v) is 5.87. The van der Waals surface area contributed by atoms with Crippen molar-refractivity contribution in [2.45, 2.75) is 13.8 Å². The quantitative estimate of drug-likeness (QED) is 0.602. The average molecular weight is 282 g/mol. The van der Waals surface area contributed by atoms with Crippen molar-refractivity contribution in [2.75, 3.05) is 13.2 Å². The Bertz CT molecular complexity index is 664. The molecule has 0 saturated carbocycles. The van der Waals surface area contributed by atoms with Gasteiger partial charge in [0, 0.05) is 0 Å². The fourth-order valence-corrected chi connectivity index (χ4v) is 1.30. The Morgan fingerprint density at radius 1 is 0.900 bits per heavy atom. The van der Waals surface area contributed by atoms with Crippen LogP contribution in [0.25, 0.3) is 12.2 Å². The van der Waals surface area contributed by atoms with E-state index < -0.39 is 23.1 Å². The molecule has 2 N–H and O–H groups in total. The summed E-state index contributed by atoms with van der Waals surface area (Å²) in [6.07, 6.45) is 1.72. The molecule has 0 radical (unpaired) electrons. The number of carbonyl (C=O) groups is 2. The molecule has 0 aromatic carbocycles. The van der Waals surface area contributed by atoms with Crippen LogP contribution < -0.4 is 21.8 Å². The predicted octanol–water partition coefficient (Wildman–Crippen LogP) is -2.25. The molecule has 0 spiro atoms. The summed E-state index contributed by atoms with van der Waals surface area (Å²) in [6.45, 7) is 3.50. The van der Waals surface area contributed by atoms with E-state index in [-0.39, 0.29) is 23.9 Å². The summed E-state index contributed by atoms with van der Waals surface area (Å²) >= 11 is 0. The summed E-state index contributed by atoms with van der Waals surface area (Å²) in [5.74, 6) is -1.51. The zero-order chi connectivity index (χ0) is 15.1. The van der Waals surface area contributed by atoms with Gasteiger partial charge in [-0.15, -0.1) is 0 Å². The van der Waals surface area contributed by atoms with Crippen LogP contribution in [0.3, 0.4) is 0 Å². The summed E-state index contributed by atoms with van der Waals surface area (Å²) in [4.78, 5) is 50.0. The zero-order valence-electron chi connectivity index (χ0n) is 11.0.